The molecule has 0 saturated carbocycles. The van der Waals surface area contributed by atoms with Gasteiger partial charge in [-0.1, -0.05) is 12.1 Å². The smallest absolute Gasteiger partial charge is 0.255 e. The zero-order valence-electron chi connectivity index (χ0n) is 14.3. The number of hydrogen-bond donors (Lipinski definition) is 2. The lowest BCUT2D eigenvalue weighted by Gasteiger charge is -2.10. The number of hydrogen-bond acceptors (Lipinski definition) is 4. The first-order valence-electron chi connectivity index (χ1n) is 8.15. The Bertz CT molecular complexity index is 840. The molecule has 25 heavy (non-hydrogen) atoms. The number of carbonyl (C=O) groups excluding carboxylic acids is 1. The lowest BCUT2D eigenvalue weighted by Crippen LogP contribution is -2.25. The third-order valence-electron chi connectivity index (χ3n) is 3.97. The molecule has 6 nitrogen and oxygen atoms in total. The highest BCUT2D eigenvalue weighted by atomic mass is 16.5. The van der Waals surface area contributed by atoms with Crippen LogP contribution in [0.15, 0.2) is 42.5 Å². The third-order valence-corrected chi connectivity index (χ3v) is 3.97. The number of benzene rings is 2. The van der Waals surface area contributed by atoms with Crippen LogP contribution in [0.1, 0.15) is 22.6 Å². The van der Waals surface area contributed by atoms with Crippen molar-refractivity contribution in [1.82, 2.24) is 15.3 Å². The number of fused-ring (bicyclic) bond motifs is 1. The Morgan fingerprint density at radius 1 is 1.16 bits per heavy atom. The molecule has 1 heterocycles. The second-order valence-electron chi connectivity index (χ2n) is 5.63. The van der Waals surface area contributed by atoms with Crippen LogP contribution < -0.4 is 14.8 Å². The van der Waals surface area contributed by atoms with E-state index in [0.29, 0.717) is 23.6 Å². The molecular formula is C19H21N3O3. The Morgan fingerprint density at radius 3 is 2.76 bits per heavy atom. The average Bonchev–Trinajstić information content (AvgIpc) is 3.07. The Morgan fingerprint density at radius 2 is 2.00 bits per heavy atom. The molecule has 0 radical (unpaired) electrons. The van der Waals surface area contributed by atoms with Gasteiger partial charge in [0.1, 0.15) is 17.3 Å². The summed E-state index contributed by atoms with van der Waals surface area (Å²) in [7, 11) is 3.11. The number of amides is 1. The fraction of sp³-hybridized carbons (Fsp3) is 0.263. The van der Waals surface area contributed by atoms with E-state index in [1.807, 2.05) is 24.3 Å². The van der Waals surface area contributed by atoms with Gasteiger partial charge in [0.05, 0.1) is 30.8 Å². The van der Waals surface area contributed by atoms with Gasteiger partial charge in [0.2, 0.25) is 0 Å². The Labute approximate surface area is 146 Å². The third kappa shape index (κ3) is 3.91. The maximum absolute atomic E-state index is 12.3. The van der Waals surface area contributed by atoms with Crippen molar-refractivity contribution >= 4 is 16.9 Å². The van der Waals surface area contributed by atoms with Gasteiger partial charge in [-0.15, -0.1) is 0 Å². The van der Waals surface area contributed by atoms with E-state index >= 15 is 0 Å². The van der Waals surface area contributed by atoms with Crippen LogP contribution in [0.2, 0.25) is 0 Å². The fourth-order valence-corrected chi connectivity index (χ4v) is 2.66. The van der Waals surface area contributed by atoms with Crippen LogP contribution in [0.4, 0.5) is 0 Å². The minimum absolute atomic E-state index is 0.163. The molecule has 0 spiro atoms. The first-order valence-corrected chi connectivity index (χ1v) is 8.15. The minimum atomic E-state index is -0.163. The van der Waals surface area contributed by atoms with Gasteiger partial charge >= 0.3 is 0 Å². The summed E-state index contributed by atoms with van der Waals surface area (Å²) in [6.07, 6.45) is 1.57. The number of H-pyrrole nitrogens is 1. The van der Waals surface area contributed by atoms with Crippen molar-refractivity contribution in [3.8, 4) is 11.5 Å². The zero-order valence-corrected chi connectivity index (χ0v) is 14.3. The van der Waals surface area contributed by atoms with E-state index in [1.54, 1.807) is 25.3 Å². The second kappa shape index (κ2) is 7.70. The molecule has 3 aromatic rings. The van der Waals surface area contributed by atoms with E-state index in [2.05, 4.69) is 15.3 Å². The van der Waals surface area contributed by atoms with Crippen molar-refractivity contribution < 1.29 is 14.3 Å². The molecule has 6 heteroatoms. The number of carbonyl (C=O) groups is 1. The molecular weight excluding hydrogens is 318 g/mol. The van der Waals surface area contributed by atoms with Crippen LogP contribution in [-0.4, -0.2) is 36.6 Å². The monoisotopic (exact) mass is 339 g/mol. The summed E-state index contributed by atoms with van der Waals surface area (Å²) >= 11 is 0. The maximum Gasteiger partial charge on any atom is 0.255 e. The van der Waals surface area contributed by atoms with Crippen LogP contribution in [0.25, 0.3) is 11.0 Å². The summed E-state index contributed by atoms with van der Waals surface area (Å²) in [6.45, 7) is 0.561. The number of nitrogens with one attached hydrogen (secondary N) is 2. The van der Waals surface area contributed by atoms with E-state index in [0.717, 1.165) is 29.7 Å². The van der Waals surface area contributed by atoms with Gasteiger partial charge in [0.15, 0.2) is 0 Å². The molecule has 0 aliphatic heterocycles. The molecule has 0 atom stereocenters. The molecule has 2 N–H and O–H groups in total. The topological polar surface area (TPSA) is 76.2 Å². The highest BCUT2D eigenvalue weighted by Gasteiger charge is 2.13. The number of aryl methyl sites for hydroxylation is 1. The van der Waals surface area contributed by atoms with Crippen molar-refractivity contribution in [2.24, 2.45) is 0 Å². The molecule has 0 aliphatic rings. The molecule has 0 aliphatic carbocycles. The van der Waals surface area contributed by atoms with Gasteiger partial charge < -0.3 is 19.8 Å². The predicted molar refractivity (Wildman–Crippen MR) is 96.3 cm³/mol. The second-order valence-corrected chi connectivity index (χ2v) is 5.63. The van der Waals surface area contributed by atoms with Crippen molar-refractivity contribution in [2.45, 2.75) is 12.8 Å². The van der Waals surface area contributed by atoms with E-state index in [9.17, 15) is 4.79 Å². The average molecular weight is 339 g/mol. The SMILES string of the molecule is COc1ccc(C(=O)NCCCc2nc3ccccc3[nH]2)c(OC)c1. The number of nitrogens with zero attached hydrogens (tertiary/aromatic N) is 1. The first kappa shape index (κ1) is 16.8. The molecule has 3 rings (SSSR count). The van der Waals surface area contributed by atoms with E-state index in [1.165, 1.54) is 7.11 Å². The normalized spacial score (nSPS) is 10.6. The predicted octanol–water partition coefficient (Wildman–Crippen LogP) is 2.94. The molecule has 0 unspecified atom stereocenters. The molecule has 0 saturated heterocycles. The summed E-state index contributed by atoms with van der Waals surface area (Å²) in [5.41, 5.74) is 2.49. The van der Waals surface area contributed by atoms with Gasteiger partial charge in [0, 0.05) is 19.0 Å². The van der Waals surface area contributed by atoms with E-state index < -0.39 is 0 Å². The maximum atomic E-state index is 12.3. The number of imidazole rings is 1. The standard InChI is InChI=1S/C19H21N3O3/c1-24-13-9-10-14(17(12-13)25-2)19(23)20-11-5-8-18-21-15-6-3-4-7-16(15)22-18/h3-4,6-7,9-10,12H,5,8,11H2,1-2H3,(H,20,23)(H,21,22). The fourth-order valence-electron chi connectivity index (χ4n) is 2.66. The summed E-state index contributed by atoms with van der Waals surface area (Å²) in [6, 6.07) is 13.1. The number of aromatic amines is 1. The van der Waals surface area contributed by atoms with Gasteiger partial charge in [-0.2, -0.15) is 0 Å². The summed E-state index contributed by atoms with van der Waals surface area (Å²) in [5.74, 6) is 1.91. The molecule has 2 aromatic carbocycles. The van der Waals surface area contributed by atoms with Gasteiger partial charge in [-0.3, -0.25) is 4.79 Å². The molecule has 1 aromatic heterocycles. The largest absolute Gasteiger partial charge is 0.497 e. The Balaban J connectivity index is 1.54. The van der Waals surface area contributed by atoms with Gasteiger partial charge in [0.25, 0.3) is 5.91 Å². The Kier molecular flexibility index (Phi) is 5.18. The minimum Gasteiger partial charge on any atom is -0.497 e. The van der Waals surface area contributed by atoms with Crippen LogP contribution in [-0.2, 0) is 6.42 Å². The number of methoxy groups -OCH3 is 2. The molecule has 1 amide bonds. The number of aromatic nitrogens is 2. The summed E-state index contributed by atoms with van der Waals surface area (Å²) < 4.78 is 10.4. The first-order chi connectivity index (χ1) is 12.2. The summed E-state index contributed by atoms with van der Waals surface area (Å²) in [4.78, 5) is 20.1. The van der Waals surface area contributed by atoms with E-state index in [-0.39, 0.29) is 5.91 Å². The van der Waals surface area contributed by atoms with Crippen LogP contribution in [0.5, 0.6) is 11.5 Å². The van der Waals surface area contributed by atoms with Crippen molar-refractivity contribution in [2.75, 3.05) is 20.8 Å². The van der Waals surface area contributed by atoms with Gasteiger partial charge in [-0.05, 0) is 30.7 Å². The number of para-hydroxylation sites is 2. The van der Waals surface area contributed by atoms with Gasteiger partial charge in [-0.25, -0.2) is 4.98 Å². The molecule has 0 bridgehead atoms. The summed E-state index contributed by atoms with van der Waals surface area (Å²) in [5, 5.41) is 2.91. The van der Waals surface area contributed by atoms with Crippen molar-refractivity contribution in [3.05, 3.63) is 53.9 Å². The number of rotatable bonds is 7. The Hall–Kier alpha value is -3.02. The van der Waals surface area contributed by atoms with Crippen molar-refractivity contribution in [1.29, 1.82) is 0 Å². The van der Waals surface area contributed by atoms with E-state index in [4.69, 9.17) is 9.47 Å². The van der Waals surface area contributed by atoms with Crippen LogP contribution in [0.3, 0.4) is 0 Å². The lowest BCUT2D eigenvalue weighted by atomic mass is 10.1. The van der Waals surface area contributed by atoms with Crippen LogP contribution in [0, 0.1) is 0 Å². The van der Waals surface area contributed by atoms with Crippen molar-refractivity contribution in [3.63, 3.8) is 0 Å². The molecule has 0 fully saturated rings. The number of ether oxygens (including phenoxy) is 2. The molecule has 130 valence electrons. The van der Waals surface area contributed by atoms with Crippen LogP contribution >= 0.6 is 0 Å². The lowest BCUT2D eigenvalue weighted by molar-refractivity contribution is 0.0950. The quantitative estimate of drug-likeness (QED) is 0.649. The highest BCUT2D eigenvalue weighted by Crippen LogP contribution is 2.24. The highest BCUT2D eigenvalue weighted by molar-refractivity contribution is 5.97. The zero-order chi connectivity index (χ0) is 17.6.